The minimum absolute atomic E-state index is 0.0609. The van der Waals surface area contributed by atoms with Crippen LogP contribution in [0.2, 0.25) is 0 Å². The lowest BCUT2D eigenvalue weighted by molar-refractivity contribution is -0.134. The fourth-order valence-corrected chi connectivity index (χ4v) is 9.94. The van der Waals surface area contributed by atoms with Crippen molar-refractivity contribution in [3.63, 3.8) is 0 Å². The van der Waals surface area contributed by atoms with Crippen LogP contribution in [-0.2, 0) is 15.2 Å². The third kappa shape index (κ3) is 8.21. The van der Waals surface area contributed by atoms with E-state index in [0.29, 0.717) is 58.8 Å². The van der Waals surface area contributed by atoms with Crippen LogP contribution in [0.5, 0.6) is 0 Å². The number of fused-ring (bicyclic) bond motifs is 2. The van der Waals surface area contributed by atoms with Gasteiger partial charge in [0.1, 0.15) is 23.4 Å². The molecule has 3 aromatic heterocycles. The lowest BCUT2D eigenvalue weighted by atomic mass is 9.89. The van der Waals surface area contributed by atoms with E-state index in [4.69, 9.17) is 5.10 Å². The average molecular weight is 833 g/mol. The van der Waals surface area contributed by atoms with Gasteiger partial charge in [-0.1, -0.05) is 0 Å². The Hall–Kier alpha value is -5.76. The molecule has 4 fully saturated rings. The first kappa shape index (κ1) is 40.6. The topological polar surface area (TPSA) is 164 Å². The lowest BCUT2D eigenvalue weighted by Gasteiger charge is -2.42. The van der Waals surface area contributed by atoms with Gasteiger partial charge in [-0.3, -0.25) is 29.3 Å². The van der Waals surface area contributed by atoms with Crippen molar-refractivity contribution >= 4 is 45.5 Å². The smallest absolute Gasteiger partial charge is 0.274 e. The molecule has 0 bridgehead atoms. The zero-order chi connectivity index (χ0) is 42.6. The number of rotatable bonds is 9. The summed E-state index contributed by atoms with van der Waals surface area (Å²) in [7, 11) is 0. The van der Waals surface area contributed by atoms with Crippen LogP contribution in [0.4, 0.5) is 20.2 Å². The number of piperidine rings is 1. The molecule has 3 N–H and O–H groups in total. The van der Waals surface area contributed by atoms with E-state index < -0.39 is 35.0 Å². The van der Waals surface area contributed by atoms with Gasteiger partial charge in [-0.25, -0.2) is 13.3 Å². The van der Waals surface area contributed by atoms with Crippen molar-refractivity contribution < 1.29 is 28.3 Å². The third-order valence-electron chi connectivity index (χ3n) is 13.2. The van der Waals surface area contributed by atoms with Crippen molar-refractivity contribution in [2.75, 3.05) is 56.0 Å². The summed E-state index contributed by atoms with van der Waals surface area (Å²) in [6.45, 7) is 9.69. The first-order chi connectivity index (χ1) is 29.3. The van der Waals surface area contributed by atoms with E-state index in [1.54, 1.807) is 32.0 Å². The Morgan fingerprint density at radius 2 is 1.70 bits per heavy atom. The molecule has 4 aliphatic rings. The number of hydrogen-bond acceptors (Lipinski definition) is 10. The van der Waals surface area contributed by atoms with Gasteiger partial charge < -0.3 is 20.2 Å². The first-order valence-corrected chi connectivity index (χ1v) is 21.3. The maximum absolute atomic E-state index is 15.2. The molecule has 318 valence electrons. The van der Waals surface area contributed by atoms with Crippen LogP contribution in [-0.4, -0.2) is 104 Å². The number of nitrogens with zero attached hydrogens (tertiary/aromatic N) is 8. The van der Waals surface area contributed by atoms with Crippen LogP contribution in [0, 0.1) is 28.9 Å². The molecule has 1 aliphatic carbocycles. The van der Waals surface area contributed by atoms with Gasteiger partial charge in [-0.05, 0) is 101 Å². The fourth-order valence-electron chi connectivity index (χ4n) is 9.94. The molecular weight excluding hydrogens is 783 g/mol. The molecule has 3 saturated heterocycles. The molecule has 0 spiro atoms. The Bertz CT molecular complexity index is 2540. The highest BCUT2D eigenvalue weighted by atomic mass is 19.1. The molecule has 61 heavy (non-hydrogen) atoms. The highest BCUT2D eigenvalue weighted by Crippen LogP contribution is 2.37. The van der Waals surface area contributed by atoms with Crippen LogP contribution in [0.25, 0.3) is 16.4 Å². The molecule has 9 rings (SSSR count). The maximum atomic E-state index is 15.2. The summed E-state index contributed by atoms with van der Waals surface area (Å²) >= 11 is 0. The molecule has 2 aromatic carbocycles. The van der Waals surface area contributed by atoms with Crippen molar-refractivity contribution in [2.24, 2.45) is 5.92 Å². The number of aromatic nitrogens is 4. The second-order valence-electron chi connectivity index (χ2n) is 17.7. The summed E-state index contributed by atoms with van der Waals surface area (Å²) in [5, 5.41) is 35.7. The molecule has 14 nitrogen and oxygen atoms in total. The van der Waals surface area contributed by atoms with Crippen LogP contribution in [0.1, 0.15) is 97.9 Å². The van der Waals surface area contributed by atoms with Crippen molar-refractivity contribution in [2.45, 2.75) is 82.4 Å². The van der Waals surface area contributed by atoms with E-state index >= 15 is 8.78 Å². The Morgan fingerprint density at radius 3 is 2.41 bits per heavy atom. The summed E-state index contributed by atoms with van der Waals surface area (Å²) < 4.78 is 34.0. The van der Waals surface area contributed by atoms with Crippen LogP contribution in [0.15, 0.2) is 54.9 Å². The molecule has 5 aromatic rings. The minimum atomic E-state index is -1.25. The van der Waals surface area contributed by atoms with Gasteiger partial charge >= 0.3 is 0 Å². The van der Waals surface area contributed by atoms with Gasteiger partial charge in [0.15, 0.2) is 0 Å². The van der Waals surface area contributed by atoms with E-state index in [2.05, 4.69) is 36.3 Å². The summed E-state index contributed by atoms with van der Waals surface area (Å²) in [4.78, 5) is 44.5. The normalized spacial score (nSPS) is 23.1. The van der Waals surface area contributed by atoms with Gasteiger partial charge in [0.2, 0.25) is 11.8 Å². The van der Waals surface area contributed by atoms with Crippen LogP contribution < -0.4 is 15.5 Å². The quantitative estimate of drug-likeness (QED) is 0.163. The molecule has 1 saturated carbocycles. The van der Waals surface area contributed by atoms with E-state index in [9.17, 15) is 24.8 Å². The van der Waals surface area contributed by atoms with Crippen LogP contribution in [0.3, 0.4) is 0 Å². The zero-order valence-corrected chi connectivity index (χ0v) is 34.4. The van der Waals surface area contributed by atoms with Crippen molar-refractivity contribution in [3.05, 3.63) is 88.9 Å². The number of carbonyl (C=O) groups excluding carboxylic acids is 3. The van der Waals surface area contributed by atoms with E-state index in [1.807, 2.05) is 23.2 Å². The zero-order valence-electron chi connectivity index (χ0n) is 34.4. The number of aliphatic hydroxyl groups is 1. The monoisotopic (exact) mass is 832 g/mol. The predicted molar refractivity (Wildman–Crippen MR) is 224 cm³/mol. The van der Waals surface area contributed by atoms with Crippen LogP contribution >= 0.6 is 0 Å². The van der Waals surface area contributed by atoms with Gasteiger partial charge in [0.05, 0.1) is 40.4 Å². The number of amides is 3. The predicted octanol–water partition coefficient (Wildman–Crippen LogP) is 5.46. The minimum Gasteiger partial charge on any atom is -0.386 e. The first-order valence-electron chi connectivity index (χ1n) is 21.3. The number of imide groups is 1. The molecule has 3 amide bonds. The Labute approximate surface area is 352 Å². The number of halogens is 2. The molecule has 16 heteroatoms. The van der Waals surface area contributed by atoms with Gasteiger partial charge in [-0.2, -0.15) is 15.5 Å². The summed E-state index contributed by atoms with van der Waals surface area (Å²) in [6.07, 6.45) is 8.68. The molecule has 6 heterocycles. The number of benzene rings is 2. The summed E-state index contributed by atoms with van der Waals surface area (Å²) in [5.74, 6) is -3.56. The third-order valence-corrected chi connectivity index (χ3v) is 13.2. The number of nitriles is 1. The largest absolute Gasteiger partial charge is 0.386 e. The molecule has 2 atom stereocenters. The van der Waals surface area contributed by atoms with Gasteiger partial charge in [0.25, 0.3) is 5.91 Å². The molecule has 3 aliphatic heterocycles. The second-order valence-corrected chi connectivity index (χ2v) is 17.7. The number of hydrogen-bond donors (Lipinski definition) is 3. The van der Waals surface area contributed by atoms with Crippen molar-refractivity contribution in [3.8, 4) is 6.07 Å². The maximum Gasteiger partial charge on any atom is 0.274 e. The van der Waals surface area contributed by atoms with Crippen molar-refractivity contribution in [1.29, 1.82) is 5.26 Å². The van der Waals surface area contributed by atoms with E-state index in [1.165, 1.54) is 22.8 Å². The fraction of sp³-hybridized carbons (Fsp3) is 0.467. The second kappa shape index (κ2) is 16.3. The molecular formula is C45H50F2N10O4. The van der Waals surface area contributed by atoms with Gasteiger partial charge in [0, 0.05) is 92.4 Å². The molecule has 0 unspecified atom stereocenters. The summed E-state index contributed by atoms with van der Waals surface area (Å²) in [5.41, 5.74) is 2.11. The SMILES string of the molecule is CC(C)(O)c1cc2nn(C3CCC(N4CCN(C[C@@H]5CCN(c6cc(F)c([C@H]7CCC(=O)NC7=O)c(F)c6)C5)CC4)CC3)cc2cc1NC(=O)c1ccc2cc(C#N)cnn12. The average Bonchev–Trinajstić information content (AvgIpc) is 3.99. The highest BCUT2D eigenvalue weighted by molar-refractivity contribution is 6.05. The Morgan fingerprint density at radius 1 is 0.967 bits per heavy atom. The Balaban J connectivity index is 0.774. The number of carbonyl (C=O) groups is 3. The lowest BCUT2D eigenvalue weighted by Crippen LogP contribution is -2.52. The number of nitrogens with one attached hydrogen (secondary N) is 2. The summed E-state index contributed by atoms with van der Waals surface area (Å²) in [6, 6.07) is 14.3. The standard InChI is InChI=1S/C45H50F2N10O4/c1-45(2,61)35-21-38-29(18-39(35)50-44(60)40-9-7-32-17-28(22-48)23-49-57(32)40)26-56(52-38)31-5-3-30(4-6-31)54-15-13-53(14-16-54)24-27-11-12-55(25-27)33-19-36(46)42(37(47)20-33)34-8-10-41(58)51-43(34)59/h7,9,17-21,23,26-27,30-31,34,61H,3-6,8,10-16,24-25H2,1-2H3,(H,50,60)(H,51,58,59)/t27-,30?,31?,34+/m0/s1. The highest BCUT2D eigenvalue weighted by Gasteiger charge is 2.35. The number of piperazine rings is 1. The van der Waals surface area contributed by atoms with Gasteiger partial charge in [-0.15, -0.1) is 0 Å². The number of anilines is 2. The molecule has 0 radical (unpaired) electrons. The van der Waals surface area contributed by atoms with E-state index in [-0.39, 0.29) is 30.4 Å². The Kier molecular flexibility index (Phi) is 10.8. The van der Waals surface area contributed by atoms with E-state index in [0.717, 1.165) is 75.7 Å². The van der Waals surface area contributed by atoms with Crippen molar-refractivity contribution in [1.82, 2.24) is 34.5 Å².